The highest BCUT2D eigenvalue weighted by molar-refractivity contribution is 9.10. The fraction of sp³-hybridized carbons (Fsp3) is 0.400. The van der Waals surface area contributed by atoms with Crippen molar-refractivity contribution in [3.05, 3.63) is 28.7 Å². The van der Waals surface area contributed by atoms with Crippen molar-refractivity contribution >= 4 is 27.7 Å². The van der Waals surface area contributed by atoms with Gasteiger partial charge in [0.15, 0.2) is 0 Å². The van der Waals surface area contributed by atoms with Gasteiger partial charge in [0, 0.05) is 14.1 Å². The summed E-state index contributed by atoms with van der Waals surface area (Å²) in [6.07, 6.45) is 0. The van der Waals surface area contributed by atoms with E-state index in [1.54, 1.807) is 0 Å². The quantitative estimate of drug-likeness (QED) is 0.669. The molecule has 1 radical (unpaired) electrons. The zero-order valence-electron chi connectivity index (χ0n) is 7.52. The van der Waals surface area contributed by atoms with Crippen molar-refractivity contribution in [2.75, 3.05) is 0 Å². The minimum absolute atomic E-state index is 0.279. The van der Waals surface area contributed by atoms with Crippen LogP contribution in [0.15, 0.2) is 27.6 Å². The van der Waals surface area contributed by atoms with Gasteiger partial charge in [0.2, 0.25) is 0 Å². The lowest BCUT2D eigenvalue weighted by molar-refractivity contribution is 0.803. The normalized spacial score (nSPS) is 11.7. The van der Waals surface area contributed by atoms with Crippen molar-refractivity contribution in [3.8, 4) is 0 Å². The molecule has 0 aromatic heterocycles. The lowest BCUT2D eigenvalue weighted by atomic mass is 10.3. The Morgan fingerprint density at radius 2 is 2.08 bits per heavy atom. The van der Waals surface area contributed by atoms with Gasteiger partial charge < -0.3 is 0 Å². The Kier molecular flexibility index (Phi) is 3.24. The molecule has 1 aromatic rings. The minimum Gasteiger partial charge on any atom is -0.120 e. The van der Waals surface area contributed by atoms with Gasteiger partial charge >= 0.3 is 0 Å². The maximum atomic E-state index is 3.40. The van der Waals surface area contributed by atoms with Gasteiger partial charge in [-0.3, -0.25) is 0 Å². The van der Waals surface area contributed by atoms with Crippen LogP contribution in [-0.4, -0.2) is 4.75 Å². The van der Waals surface area contributed by atoms with Gasteiger partial charge in [-0.15, -0.1) is 11.8 Å². The molecule has 0 aliphatic heterocycles. The zero-order valence-corrected chi connectivity index (χ0v) is 9.92. The van der Waals surface area contributed by atoms with E-state index in [1.807, 2.05) is 17.8 Å². The van der Waals surface area contributed by atoms with E-state index >= 15 is 0 Å². The van der Waals surface area contributed by atoms with Gasteiger partial charge in [0.1, 0.15) is 0 Å². The average molecular weight is 244 g/mol. The van der Waals surface area contributed by atoms with Crippen LogP contribution < -0.4 is 0 Å². The van der Waals surface area contributed by atoms with Gasteiger partial charge in [-0.1, -0.05) is 42.8 Å². The van der Waals surface area contributed by atoms with Crippen LogP contribution in [0.1, 0.15) is 20.8 Å². The first kappa shape index (κ1) is 10.1. The number of rotatable bonds is 1. The Labute approximate surface area is 86.9 Å². The molecule has 0 N–H and O–H groups in total. The molecule has 1 rings (SSSR count). The highest BCUT2D eigenvalue weighted by atomic mass is 79.9. The van der Waals surface area contributed by atoms with E-state index in [9.17, 15) is 0 Å². The summed E-state index contributed by atoms with van der Waals surface area (Å²) in [7, 11) is 0. The highest BCUT2D eigenvalue weighted by Gasteiger charge is 2.11. The Balaban J connectivity index is 2.77. The second-order valence-corrected chi connectivity index (χ2v) is 6.34. The SMILES string of the molecule is CC(C)(C)Sc1cc[c]c(Br)c1. The van der Waals surface area contributed by atoms with Gasteiger partial charge in [-0.05, 0) is 18.2 Å². The molecular weight excluding hydrogens is 232 g/mol. The van der Waals surface area contributed by atoms with Crippen molar-refractivity contribution < 1.29 is 0 Å². The molecule has 0 bridgehead atoms. The molecule has 0 aliphatic carbocycles. The first-order valence-corrected chi connectivity index (χ1v) is 5.44. The molecule has 0 amide bonds. The maximum absolute atomic E-state index is 3.40. The first-order valence-electron chi connectivity index (χ1n) is 3.84. The minimum atomic E-state index is 0.279. The molecule has 0 fully saturated rings. The number of benzene rings is 1. The molecule has 0 heterocycles. The fourth-order valence-electron chi connectivity index (χ4n) is 0.835. The predicted molar refractivity (Wildman–Crippen MR) is 58.6 cm³/mol. The molecule has 2 heteroatoms. The summed E-state index contributed by atoms with van der Waals surface area (Å²) in [6, 6.07) is 9.18. The van der Waals surface area contributed by atoms with Crippen molar-refractivity contribution in [2.45, 2.75) is 30.4 Å². The monoisotopic (exact) mass is 243 g/mol. The Bertz CT molecular complexity index is 263. The summed E-state index contributed by atoms with van der Waals surface area (Å²) < 4.78 is 1.30. The fourth-order valence-corrected chi connectivity index (χ4v) is 2.39. The van der Waals surface area contributed by atoms with Crippen LogP contribution in [0, 0.1) is 6.07 Å². The first-order chi connectivity index (χ1) is 5.47. The van der Waals surface area contributed by atoms with Crippen molar-refractivity contribution in [2.24, 2.45) is 0 Å². The Morgan fingerprint density at radius 3 is 2.58 bits per heavy atom. The van der Waals surface area contributed by atoms with E-state index in [-0.39, 0.29) is 4.75 Å². The van der Waals surface area contributed by atoms with E-state index in [0.29, 0.717) is 0 Å². The predicted octanol–water partition coefficient (Wildman–Crippen LogP) is 4.14. The van der Waals surface area contributed by atoms with E-state index in [4.69, 9.17) is 0 Å². The van der Waals surface area contributed by atoms with Crippen LogP contribution >= 0.6 is 27.7 Å². The molecule has 0 saturated heterocycles. The molecule has 0 nitrogen and oxygen atoms in total. The summed E-state index contributed by atoms with van der Waals surface area (Å²) >= 11 is 5.27. The average Bonchev–Trinajstić information content (AvgIpc) is 1.82. The molecule has 65 valence electrons. The largest absolute Gasteiger partial charge is 0.120 e. The maximum Gasteiger partial charge on any atom is 0.0265 e. The van der Waals surface area contributed by atoms with Crippen molar-refractivity contribution in [1.82, 2.24) is 0 Å². The number of halogens is 1. The third kappa shape index (κ3) is 3.63. The molecule has 12 heavy (non-hydrogen) atoms. The highest BCUT2D eigenvalue weighted by Crippen LogP contribution is 2.32. The zero-order chi connectivity index (χ0) is 9.19. The van der Waals surface area contributed by atoms with E-state index < -0.39 is 0 Å². The summed E-state index contributed by atoms with van der Waals surface area (Å²) in [6.45, 7) is 6.63. The van der Waals surface area contributed by atoms with Crippen molar-refractivity contribution in [1.29, 1.82) is 0 Å². The van der Waals surface area contributed by atoms with Crippen LogP contribution in [0.3, 0.4) is 0 Å². The van der Waals surface area contributed by atoms with Crippen LogP contribution in [-0.2, 0) is 0 Å². The van der Waals surface area contributed by atoms with Crippen LogP contribution in [0.25, 0.3) is 0 Å². The summed E-state index contributed by atoms with van der Waals surface area (Å²) in [5.41, 5.74) is 0. The smallest absolute Gasteiger partial charge is 0.0265 e. The molecule has 0 aliphatic rings. The molecule has 0 saturated carbocycles. The number of thioether (sulfide) groups is 1. The topological polar surface area (TPSA) is 0 Å². The third-order valence-electron chi connectivity index (χ3n) is 1.16. The van der Waals surface area contributed by atoms with Crippen LogP contribution in [0.5, 0.6) is 0 Å². The second kappa shape index (κ2) is 3.84. The standard InChI is InChI=1S/C10H12BrS/c1-10(2,3)12-9-6-4-5-8(11)7-9/h4,6-7H,1-3H3. The van der Waals surface area contributed by atoms with Gasteiger partial charge in [-0.2, -0.15) is 0 Å². The van der Waals surface area contributed by atoms with Gasteiger partial charge in [-0.25, -0.2) is 0 Å². The summed E-state index contributed by atoms with van der Waals surface area (Å²) in [4.78, 5) is 1.29. The Morgan fingerprint density at radius 1 is 1.42 bits per heavy atom. The lowest BCUT2D eigenvalue weighted by Gasteiger charge is -2.17. The molecular formula is C10H12BrS. The van der Waals surface area contributed by atoms with Gasteiger partial charge in [0.25, 0.3) is 0 Å². The molecule has 0 spiro atoms. The Hall–Kier alpha value is 0.0500. The van der Waals surface area contributed by atoms with E-state index in [2.05, 4.69) is 54.9 Å². The van der Waals surface area contributed by atoms with Crippen molar-refractivity contribution in [3.63, 3.8) is 0 Å². The third-order valence-corrected chi connectivity index (χ3v) is 2.72. The second-order valence-electron chi connectivity index (χ2n) is 3.59. The summed E-state index contributed by atoms with van der Waals surface area (Å²) in [5, 5.41) is 0. The van der Waals surface area contributed by atoms with Gasteiger partial charge in [0.05, 0.1) is 0 Å². The van der Waals surface area contributed by atoms with Crippen LogP contribution in [0.2, 0.25) is 0 Å². The summed E-state index contributed by atoms with van der Waals surface area (Å²) in [5.74, 6) is 0. The molecule has 0 atom stereocenters. The molecule has 1 aromatic carbocycles. The number of hydrogen-bond donors (Lipinski definition) is 0. The van der Waals surface area contributed by atoms with Crippen LogP contribution in [0.4, 0.5) is 0 Å². The molecule has 0 unspecified atom stereocenters. The van der Waals surface area contributed by atoms with E-state index in [1.165, 1.54) is 4.90 Å². The number of hydrogen-bond acceptors (Lipinski definition) is 1. The van der Waals surface area contributed by atoms with E-state index in [0.717, 1.165) is 4.47 Å². The lowest BCUT2D eigenvalue weighted by Crippen LogP contribution is -2.06.